The van der Waals surface area contributed by atoms with Gasteiger partial charge in [0.25, 0.3) is 0 Å². The maximum Gasteiger partial charge on any atom is 0.137 e. The topological polar surface area (TPSA) is 35.8 Å². The van der Waals surface area contributed by atoms with E-state index in [0.29, 0.717) is 5.02 Å². The van der Waals surface area contributed by atoms with Gasteiger partial charge in [0, 0.05) is 56.8 Å². The van der Waals surface area contributed by atoms with Crippen molar-refractivity contribution in [3.63, 3.8) is 0 Å². The molecule has 34 heavy (non-hydrogen) atoms. The predicted octanol–water partition coefficient (Wildman–Crippen LogP) is 5.31. The molecule has 176 valence electrons. The second-order valence-corrected chi connectivity index (χ2v) is 9.09. The number of benzene rings is 2. The number of nitrogens with zero attached hydrogens (tertiary/aromatic N) is 4. The van der Waals surface area contributed by atoms with Crippen molar-refractivity contribution < 1.29 is 4.39 Å². The van der Waals surface area contributed by atoms with Crippen LogP contribution < -0.4 is 15.1 Å². The molecule has 1 fully saturated rings. The fraction of sp³-hybridized carbons (Fsp3) is 0.296. The summed E-state index contributed by atoms with van der Waals surface area (Å²) in [4.78, 5) is 9.45. The monoisotopic (exact) mass is 477 g/mol. The molecule has 5 rings (SSSR count). The lowest BCUT2D eigenvalue weighted by Gasteiger charge is -2.37. The molecule has 1 aliphatic heterocycles. The summed E-state index contributed by atoms with van der Waals surface area (Å²) in [5, 5.41) is 4.28. The quantitative estimate of drug-likeness (QED) is 0.391. The number of hydrogen-bond acceptors (Lipinski definition) is 4. The van der Waals surface area contributed by atoms with Gasteiger partial charge in [-0.05, 0) is 60.5 Å². The zero-order chi connectivity index (χ0) is 23.5. The molecule has 1 N–H and O–H groups in total. The number of rotatable bonds is 7. The van der Waals surface area contributed by atoms with Crippen LogP contribution in [0.1, 0.15) is 23.9 Å². The first-order valence-corrected chi connectivity index (χ1v) is 12.2. The number of pyridine rings is 1. The van der Waals surface area contributed by atoms with Crippen molar-refractivity contribution in [3.05, 3.63) is 94.7 Å². The number of aromatic nitrogens is 2. The van der Waals surface area contributed by atoms with Crippen molar-refractivity contribution in [3.8, 4) is 0 Å². The number of anilines is 2. The molecule has 2 aromatic heterocycles. The Kier molecular flexibility index (Phi) is 6.70. The lowest BCUT2D eigenvalue weighted by atomic mass is 10.1. The molecule has 0 spiro atoms. The Morgan fingerprint density at radius 1 is 0.853 bits per heavy atom. The molecule has 0 unspecified atom stereocenters. The van der Waals surface area contributed by atoms with Crippen LogP contribution >= 0.6 is 11.6 Å². The molecule has 0 saturated carbocycles. The average molecular weight is 478 g/mol. The van der Waals surface area contributed by atoms with Crippen LogP contribution in [0, 0.1) is 5.82 Å². The molecule has 0 bridgehead atoms. The Labute approximate surface area is 204 Å². The van der Waals surface area contributed by atoms with Gasteiger partial charge in [-0.15, -0.1) is 0 Å². The summed E-state index contributed by atoms with van der Waals surface area (Å²) in [6.45, 7) is 7.41. The van der Waals surface area contributed by atoms with Gasteiger partial charge in [0.1, 0.15) is 11.5 Å². The lowest BCUT2D eigenvalue weighted by molar-refractivity contribution is 0.624. The third-order valence-corrected chi connectivity index (χ3v) is 6.72. The van der Waals surface area contributed by atoms with E-state index >= 15 is 0 Å². The minimum absolute atomic E-state index is 0.189. The van der Waals surface area contributed by atoms with Crippen LogP contribution in [0.25, 0.3) is 5.65 Å². The van der Waals surface area contributed by atoms with Gasteiger partial charge < -0.3 is 19.5 Å². The third-order valence-electron chi connectivity index (χ3n) is 6.49. The molecular formula is C27H29ClFN5. The van der Waals surface area contributed by atoms with Gasteiger partial charge in [-0.2, -0.15) is 0 Å². The molecule has 4 aromatic rings. The van der Waals surface area contributed by atoms with Gasteiger partial charge >= 0.3 is 0 Å². The Hall–Kier alpha value is -3.09. The van der Waals surface area contributed by atoms with Crippen LogP contribution in [0.2, 0.25) is 5.02 Å². The van der Waals surface area contributed by atoms with Crippen LogP contribution in [0.4, 0.5) is 15.8 Å². The molecule has 1 saturated heterocycles. The van der Waals surface area contributed by atoms with Crippen LogP contribution in [0.5, 0.6) is 0 Å². The number of imidazole rings is 1. The number of piperazine rings is 1. The maximum absolute atomic E-state index is 13.2. The van der Waals surface area contributed by atoms with E-state index in [2.05, 4.69) is 50.7 Å². The molecule has 0 aliphatic carbocycles. The number of fused-ring (bicyclic) bond motifs is 1. The second-order valence-electron chi connectivity index (χ2n) is 8.65. The van der Waals surface area contributed by atoms with Crippen molar-refractivity contribution in [1.82, 2.24) is 14.7 Å². The predicted molar refractivity (Wildman–Crippen MR) is 137 cm³/mol. The smallest absolute Gasteiger partial charge is 0.137 e. The molecule has 0 radical (unpaired) electrons. The van der Waals surface area contributed by atoms with E-state index in [1.807, 2.05) is 30.5 Å². The highest BCUT2D eigenvalue weighted by Gasteiger charge is 2.17. The molecule has 7 heteroatoms. The minimum atomic E-state index is -0.189. The Balaban J connectivity index is 1.16. The lowest BCUT2D eigenvalue weighted by Crippen LogP contribution is -2.46. The summed E-state index contributed by atoms with van der Waals surface area (Å²) < 4.78 is 15.3. The SMILES string of the molecule is CCc1nc2ccc(Cl)cn2c1CNCc1ccc(N2CCN(c3ccc(F)cc3)CC2)cc1. The van der Waals surface area contributed by atoms with Gasteiger partial charge in [0.2, 0.25) is 0 Å². The summed E-state index contributed by atoms with van der Waals surface area (Å²) in [5.74, 6) is -0.189. The molecule has 2 aromatic carbocycles. The maximum atomic E-state index is 13.2. The average Bonchev–Trinajstić information content (AvgIpc) is 3.22. The van der Waals surface area contributed by atoms with Gasteiger partial charge in [-0.3, -0.25) is 0 Å². The van der Waals surface area contributed by atoms with Crippen LogP contribution in [-0.2, 0) is 19.5 Å². The first-order chi connectivity index (χ1) is 16.6. The highest BCUT2D eigenvalue weighted by Crippen LogP contribution is 2.22. The summed E-state index contributed by atoms with van der Waals surface area (Å²) >= 11 is 6.21. The third kappa shape index (κ3) is 4.88. The van der Waals surface area contributed by atoms with E-state index in [4.69, 9.17) is 16.6 Å². The van der Waals surface area contributed by atoms with E-state index < -0.39 is 0 Å². The van der Waals surface area contributed by atoms with Gasteiger partial charge in [0.05, 0.1) is 16.4 Å². The highest BCUT2D eigenvalue weighted by atomic mass is 35.5. The van der Waals surface area contributed by atoms with Gasteiger partial charge in [0.15, 0.2) is 0 Å². The van der Waals surface area contributed by atoms with Gasteiger partial charge in [-0.25, -0.2) is 9.37 Å². The second kappa shape index (κ2) is 10.0. The number of halogens is 2. The first-order valence-electron chi connectivity index (χ1n) is 11.8. The van der Waals surface area contributed by atoms with Crippen LogP contribution in [0.3, 0.4) is 0 Å². The summed E-state index contributed by atoms with van der Waals surface area (Å²) in [6, 6.07) is 19.4. The van der Waals surface area contributed by atoms with Crippen LogP contribution in [0.15, 0.2) is 66.9 Å². The molecule has 0 amide bonds. The summed E-state index contributed by atoms with van der Waals surface area (Å²) in [7, 11) is 0. The first kappa shape index (κ1) is 22.7. The molecule has 1 aliphatic rings. The van der Waals surface area contributed by atoms with Crippen molar-refractivity contribution in [2.24, 2.45) is 0 Å². The van der Waals surface area contributed by atoms with Crippen molar-refractivity contribution >= 4 is 28.6 Å². The normalized spacial score (nSPS) is 14.2. The summed E-state index contributed by atoms with van der Waals surface area (Å²) in [6.07, 6.45) is 2.82. The highest BCUT2D eigenvalue weighted by molar-refractivity contribution is 6.30. The Morgan fingerprint density at radius 3 is 2.09 bits per heavy atom. The Morgan fingerprint density at radius 2 is 1.47 bits per heavy atom. The zero-order valence-corrected chi connectivity index (χ0v) is 20.1. The van der Waals surface area contributed by atoms with Crippen molar-refractivity contribution in [1.29, 1.82) is 0 Å². The minimum Gasteiger partial charge on any atom is -0.368 e. The molecule has 0 atom stereocenters. The zero-order valence-electron chi connectivity index (χ0n) is 19.3. The van der Waals surface area contributed by atoms with Crippen molar-refractivity contribution in [2.75, 3.05) is 36.0 Å². The van der Waals surface area contributed by atoms with E-state index in [1.54, 1.807) is 0 Å². The fourth-order valence-electron chi connectivity index (χ4n) is 4.61. The standard InChI is InChI=1S/C27H29ClFN5/c1-2-25-26(34-19-21(28)5-12-27(34)31-25)18-30-17-20-3-8-23(9-4-20)32-13-15-33(16-14-32)24-10-6-22(29)7-11-24/h3-12,19,30H,2,13-18H2,1H3. The van der Waals surface area contributed by atoms with E-state index in [-0.39, 0.29) is 5.82 Å². The van der Waals surface area contributed by atoms with E-state index in [1.165, 1.54) is 23.4 Å². The Bertz CT molecular complexity index is 1240. The largest absolute Gasteiger partial charge is 0.368 e. The number of hydrogen-bond donors (Lipinski definition) is 1. The number of nitrogens with one attached hydrogen (secondary N) is 1. The van der Waals surface area contributed by atoms with Gasteiger partial charge in [-0.1, -0.05) is 30.7 Å². The molecule has 3 heterocycles. The fourth-order valence-corrected chi connectivity index (χ4v) is 4.77. The molecule has 5 nitrogen and oxygen atoms in total. The molecular weight excluding hydrogens is 449 g/mol. The van der Waals surface area contributed by atoms with Crippen molar-refractivity contribution in [2.45, 2.75) is 26.4 Å². The van der Waals surface area contributed by atoms with E-state index in [0.717, 1.165) is 68.4 Å². The number of aryl methyl sites for hydroxylation is 1. The summed E-state index contributed by atoms with van der Waals surface area (Å²) in [5.41, 5.74) is 6.77. The van der Waals surface area contributed by atoms with E-state index in [9.17, 15) is 4.39 Å². The van der Waals surface area contributed by atoms with Crippen LogP contribution in [-0.4, -0.2) is 35.6 Å².